The van der Waals surface area contributed by atoms with Gasteiger partial charge in [-0.05, 0) is 24.1 Å². The molecule has 2 fully saturated rings. The van der Waals surface area contributed by atoms with Crippen LogP contribution < -0.4 is 20.3 Å². The van der Waals surface area contributed by atoms with Gasteiger partial charge in [0.2, 0.25) is 0 Å². The molecule has 2 unspecified atom stereocenters. The summed E-state index contributed by atoms with van der Waals surface area (Å²) in [5, 5.41) is 7.21. The molecule has 2 atom stereocenters. The zero-order valence-corrected chi connectivity index (χ0v) is 21.9. The van der Waals surface area contributed by atoms with E-state index in [4.69, 9.17) is 9.47 Å². The number of anilines is 1. The van der Waals surface area contributed by atoms with Gasteiger partial charge in [-0.25, -0.2) is 0 Å². The number of halogens is 1. The number of guanidine groups is 1. The van der Waals surface area contributed by atoms with Gasteiger partial charge < -0.3 is 25.0 Å². The number of morpholine rings is 1. The Morgan fingerprint density at radius 1 is 1.09 bits per heavy atom. The molecule has 0 bridgehead atoms. The molecule has 4 rings (SSSR count). The number of hydrogen-bond acceptors (Lipinski definition) is 5. The highest BCUT2D eigenvalue weighted by Gasteiger charge is 2.26. The molecular weight excluding hydrogens is 529 g/mol. The minimum absolute atomic E-state index is 0. The monoisotopic (exact) mass is 565 g/mol. The highest BCUT2D eigenvalue weighted by Crippen LogP contribution is 2.30. The van der Waals surface area contributed by atoms with Crippen molar-refractivity contribution in [3.05, 3.63) is 60.2 Å². The Labute approximate surface area is 214 Å². The molecule has 180 valence electrons. The number of ether oxygens (including phenoxy) is 2. The van der Waals surface area contributed by atoms with Crippen LogP contribution in [0.3, 0.4) is 0 Å². The van der Waals surface area contributed by atoms with Crippen LogP contribution in [0.4, 0.5) is 5.69 Å². The summed E-state index contributed by atoms with van der Waals surface area (Å²) in [5.74, 6) is 1.78. The van der Waals surface area contributed by atoms with E-state index in [0.29, 0.717) is 6.04 Å². The first-order valence-corrected chi connectivity index (χ1v) is 11.5. The van der Waals surface area contributed by atoms with Gasteiger partial charge in [0.15, 0.2) is 5.96 Å². The molecule has 2 heterocycles. The summed E-state index contributed by atoms with van der Waals surface area (Å²) < 4.78 is 11.1. The van der Waals surface area contributed by atoms with Crippen LogP contribution in [-0.2, 0) is 4.74 Å². The Kier molecular flexibility index (Phi) is 10.1. The first-order valence-electron chi connectivity index (χ1n) is 11.5. The predicted octanol–water partition coefficient (Wildman–Crippen LogP) is 3.13. The quantitative estimate of drug-likeness (QED) is 0.306. The van der Waals surface area contributed by atoms with E-state index in [1.54, 1.807) is 7.11 Å². The number of rotatable bonds is 7. The van der Waals surface area contributed by atoms with E-state index in [0.717, 1.165) is 69.8 Å². The lowest BCUT2D eigenvalue weighted by molar-refractivity contribution is 0.0170. The molecule has 0 spiro atoms. The van der Waals surface area contributed by atoms with E-state index in [9.17, 15) is 0 Å². The topological polar surface area (TPSA) is 61.4 Å². The molecule has 8 heteroatoms. The third-order valence-corrected chi connectivity index (χ3v) is 6.31. The second-order valence-corrected chi connectivity index (χ2v) is 8.28. The summed E-state index contributed by atoms with van der Waals surface area (Å²) in [7, 11) is 3.57. The molecule has 33 heavy (non-hydrogen) atoms. The van der Waals surface area contributed by atoms with Crippen molar-refractivity contribution in [2.45, 2.75) is 18.5 Å². The largest absolute Gasteiger partial charge is 0.495 e. The molecule has 2 N–H and O–H groups in total. The van der Waals surface area contributed by atoms with Crippen LogP contribution in [0.5, 0.6) is 5.75 Å². The zero-order chi connectivity index (χ0) is 22.2. The van der Waals surface area contributed by atoms with Crippen molar-refractivity contribution < 1.29 is 9.47 Å². The first kappa shape index (κ1) is 25.6. The summed E-state index contributed by atoms with van der Waals surface area (Å²) in [6.45, 7) is 6.19. The van der Waals surface area contributed by atoms with Gasteiger partial charge in [-0.15, -0.1) is 24.0 Å². The Bertz CT molecular complexity index is 876. The van der Waals surface area contributed by atoms with E-state index < -0.39 is 0 Å². The maximum Gasteiger partial charge on any atom is 0.191 e. The molecule has 2 aromatic rings. The number of nitrogens with one attached hydrogen (secondary N) is 2. The maximum atomic E-state index is 5.57. The second-order valence-electron chi connectivity index (χ2n) is 8.28. The van der Waals surface area contributed by atoms with Crippen molar-refractivity contribution in [2.24, 2.45) is 4.99 Å². The molecule has 2 aliphatic rings. The van der Waals surface area contributed by atoms with E-state index in [-0.39, 0.29) is 30.0 Å². The molecule has 0 aliphatic carbocycles. The zero-order valence-electron chi connectivity index (χ0n) is 19.6. The Balaban J connectivity index is 0.00000306. The third-order valence-electron chi connectivity index (χ3n) is 6.31. The minimum atomic E-state index is 0. The van der Waals surface area contributed by atoms with E-state index in [1.807, 2.05) is 19.2 Å². The lowest BCUT2D eigenvalue weighted by Gasteiger charge is -2.35. The first-order chi connectivity index (χ1) is 15.8. The van der Waals surface area contributed by atoms with Gasteiger partial charge in [-0.2, -0.15) is 0 Å². The van der Waals surface area contributed by atoms with Crippen molar-refractivity contribution >= 4 is 35.6 Å². The SMILES string of the molecule is CN=C(NCC(c1ccccc1)N1CCOCC1)NC1CCN(c2ccccc2OC)C1.I. The van der Waals surface area contributed by atoms with Crippen molar-refractivity contribution in [1.29, 1.82) is 0 Å². The molecule has 7 nitrogen and oxygen atoms in total. The normalized spacial score (nSPS) is 20.1. The number of benzene rings is 2. The summed E-state index contributed by atoms with van der Waals surface area (Å²) in [6.07, 6.45) is 1.06. The lowest BCUT2D eigenvalue weighted by Crippen LogP contribution is -2.48. The number of aliphatic imine (C=N–C) groups is 1. The molecular formula is C25H36IN5O2. The van der Waals surface area contributed by atoms with Crippen molar-refractivity contribution in [3.8, 4) is 5.75 Å². The van der Waals surface area contributed by atoms with E-state index in [1.165, 1.54) is 5.56 Å². The van der Waals surface area contributed by atoms with E-state index in [2.05, 4.69) is 67.9 Å². The summed E-state index contributed by atoms with van der Waals surface area (Å²) in [4.78, 5) is 9.38. The Morgan fingerprint density at radius 2 is 1.82 bits per heavy atom. The van der Waals surface area contributed by atoms with Crippen LogP contribution in [0.1, 0.15) is 18.0 Å². The summed E-state index contributed by atoms with van der Waals surface area (Å²) >= 11 is 0. The van der Waals surface area contributed by atoms with Gasteiger partial charge in [0.25, 0.3) is 0 Å². The number of methoxy groups -OCH3 is 1. The Morgan fingerprint density at radius 3 is 2.55 bits per heavy atom. The third kappa shape index (κ3) is 6.74. The van der Waals surface area contributed by atoms with Crippen LogP contribution in [0.25, 0.3) is 0 Å². The molecule has 0 amide bonds. The maximum absolute atomic E-state index is 5.57. The number of hydrogen-bond donors (Lipinski definition) is 2. The van der Waals surface area contributed by atoms with Crippen LogP contribution >= 0.6 is 24.0 Å². The fourth-order valence-corrected chi connectivity index (χ4v) is 4.59. The second kappa shape index (κ2) is 13.0. The lowest BCUT2D eigenvalue weighted by atomic mass is 10.0. The van der Waals surface area contributed by atoms with E-state index >= 15 is 0 Å². The summed E-state index contributed by atoms with van der Waals surface area (Å²) in [5.41, 5.74) is 2.47. The van der Waals surface area contributed by atoms with Crippen LogP contribution in [0, 0.1) is 0 Å². The predicted molar refractivity (Wildman–Crippen MR) is 145 cm³/mol. The van der Waals surface area contributed by atoms with Gasteiger partial charge in [0.1, 0.15) is 5.75 Å². The Hall–Kier alpha value is -2.04. The average Bonchev–Trinajstić information content (AvgIpc) is 3.33. The minimum Gasteiger partial charge on any atom is -0.495 e. The summed E-state index contributed by atoms with van der Waals surface area (Å²) in [6, 6.07) is 19.6. The standard InChI is InChI=1S/C25H35N5O2.HI/c1-26-25(28-21-12-13-30(19-21)22-10-6-7-11-24(22)31-2)27-18-23(20-8-4-3-5-9-20)29-14-16-32-17-15-29;/h3-11,21,23H,12-19H2,1-2H3,(H2,26,27,28);1H. The van der Waals surface area contributed by atoms with Gasteiger partial charge in [0.05, 0.1) is 32.1 Å². The number of nitrogens with zero attached hydrogens (tertiary/aromatic N) is 3. The molecule has 2 aromatic carbocycles. The highest BCUT2D eigenvalue weighted by atomic mass is 127. The van der Waals surface area contributed by atoms with Gasteiger partial charge in [-0.1, -0.05) is 42.5 Å². The smallest absolute Gasteiger partial charge is 0.191 e. The number of para-hydroxylation sites is 2. The van der Waals surface area contributed by atoms with Gasteiger partial charge in [0, 0.05) is 45.8 Å². The molecule has 2 aliphatic heterocycles. The fraction of sp³-hybridized carbons (Fsp3) is 0.480. The van der Waals surface area contributed by atoms with Crippen LogP contribution in [0.15, 0.2) is 59.6 Å². The molecule has 0 radical (unpaired) electrons. The van der Waals surface area contributed by atoms with Gasteiger partial charge in [-0.3, -0.25) is 9.89 Å². The molecule has 0 aromatic heterocycles. The van der Waals surface area contributed by atoms with Crippen molar-refractivity contribution in [1.82, 2.24) is 15.5 Å². The van der Waals surface area contributed by atoms with Crippen LogP contribution in [-0.4, -0.2) is 77.0 Å². The highest BCUT2D eigenvalue weighted by molar-refractivity contribution is 14.0. The van der Waals surface area contributed by atoms with Gasteiger partial charge >= 0.3 is 0 Å². The average molecular weight is 566 g/mol. The molecule has 2 saturated heterocycles. The molecule has 0 saturated carbocycles. The van der Waals surface area contributed by atoms with Crippen LogP contribution in [0.2, 0.25) is 0 Å². The van der Waals surface area contributed by atoms with Crippen molar-refractivity contribution in [2.75, 3.05) is 65.0 Å². The fourth-order valence-electron chi connectivity index (χ4n) is 4.59. The van der Waals surface area contributed by atoms with Crippen molar-refractivity contribution in [3.63, 3.8) is 0 Å².